The second-order valence-electron chi connectivity index (χ2n) is 10.1. The molecule has 0 spiro atoms. The van der Waals surface area contributed by atoms with Gasteiger partial charge in [0.25, 0.3) is 0 Å². The predicted molar refractivity (Wildman–Crippen MR) is 152 cm³/mol. The number of aromatic nitrogens is 3. The van der Waals surface area contributed by atoms with E-state index in [4.69, 9.17) is 67.5 Å². The Balaban J connectivity index is 1.33. The van der Waals surface area contributed by atoms with Crippen molar-refractivity contribution in [1.29, 1.82) is 0 Å². The Morgan fingerprint density at radius 1 is 0.872 bits per heavy atom. The summed E-state index contributed by atoms with van der Waals surface area (Å²) in [7, 11) is 49.0. The van der Waals surface area contributed by atoms with Crippen LogP contribution >= 0.6 is 0 Å². The second-order valence-corrected chi connectivity index (χ2v) is 10.1. The Labute approximate surface area is 236 Å². The topological polar surface area (TPSA) is 58.5 Å². The first-order valence-electron chi connectivity index (χ1n) is 11.8. The zero-order chi connectivity index (χ0) is 28.5. The smallest absolute Gasteiger partial charge is 0.246 e. The Morgan fingerprint density at radius 3 is 2.13 bits per heavy atom. The van der Waals surface area contributed by atoms with Crippen molar-refractivity contribution >= 4 is 80.1 Å². The first-order valence-corrected chi connectivity index (χ1v) is 11.8. The molecular weight excluding hydrogens is 489 g/mol. The van der Waals surface area contributed by atoms with Gasteiger partial charge in [-0.15, -0.1) is 5.10 Å². The standard InChI is InChI=1S/C22H16B8F2N6O/c1-11-4-12(34-18-33-10-37(35-18)13-2-3-16(31)17(32)7-13)6-14(5-11)36-8-15(9-36)38-19(23,24)21(27,28)39-22(29,30)20(38,25)26/h2-7,10,15H,8-9H2,1H3,(H,34,35). The number of halogens is 2. The normalized spacial score (nSPS) is 21.8. The van der Waals surface area contributed by atoms with E-state index >= 15 is 0 Å². The van der Waals surface area contributed by atoms with Crippen LogP contribution in [0.25, 0.3) is 5.69 Å². The number of nitrogens with one attached hydrogen (secondary N) is 1. The van der Waals surface area contributed by atoms with E-state index in [9.17, 15) is 8.78 Å². The summed E-state index contributed by atoms with van der Waals surface area (Å²) in [5.41, 5.74) is 2.79. The van der Waals surface area contributed by atoms with Crippen molar-refractivity contribution < 1.29 is 13.5 Å². The summed E-state index contributed by atoms with van der Waals surface area (Å²) in [5.74, 6) is -1.68. The van der Waals surface area contributed by atoms with Crippen molar-refractivity contribution in [2.45, 2.75) is 34.4 Å². The maximum Gasteiger partial charge on any atom is 0.246 e. The van der Waals surface area contributed by atoms with Crippen LogP contribution in [0.4, 0.5) is 26.1 Å². The first kappa shape index (κ1) is 28.0. The molecule has 3 aromatic rings. The number of aryl methyl sites for hydroxylation is 1. The fourth-order valence-electron chi connectivity index (χ4n) is 4.78. The Kier molecular flexibility index (Phi) is 6.66. The van der Waals surface area contributed by atoms with E-state index in [1.54, 1.807) is 0 Å². The molecule has 17 heteroatoms. The molecular formula is C22H16B8F2N6O. The fraction of sp³-hybridized carbons (Fsp3) is 0.364. The minimum atomic E-state index is -2.16. The lowest BCUT2D eigenvalue weighted by molar-refractivity contribution is -0.129. The number of hydrogen-bond acceptors (Lipinski definition) is 6. The van der Waals surface area contributed by atoms with Gasteiger partial charge in [-0.3, -0.25) is 0 Å². The summed E-state index contributed by atoms with van der Waals surface area (Å²) in [6.07, 6.45) is 1.38. The molecule has 16 radical (unpaired) electrons. The van der Waals surface area contributed by atoms with Crippen LogP contribution in [0.2, 0.25) is 0 Å². The van der Waals surface area contributed by atoms with Crippen LogP contribution < -0.4 is 10.2 Å². The minimum absolute atomic E-state index is 0.252. The van der Waals surface area contributed by atoms with Crippen LogP contribution in [-0.4, -0.2) is 123 Å². The monoisotopic (exact) mass is 506 g/mol. The average Bonchev–Trinajstić information content (AvgIpc) is 3.23. The van der Waals surface area contributed by atoms with Crippen molar-refractivity contribution in [3.05, 3.63) is 59.9 Å². The molecule has 0 aliphatic carbocycles. The molecule has 1 aromatic heterocycles. The van der Waals surface area contributed by atoms with Crippen LogP contribution in [-0.2, 0) is 4.74 Å². The molecule has 7 nitrogen and oxygen atoms in total. The third-order valence-electron chi connectivity index (χ3n) is 6.96. The lowest BCUT2D eigenvalue weighted by atomic mass is 9.30. The zero-order valence-electron chi connectivity index (χ0n) is 21.1. The van der Waals surface area contributed by atoms with Gasteiger partial charge in [-0.05, 0) is 64.3 Å². The highest BCUT2D eigenvalue weighted by Gasteiger charge is 2.59. The highest BCUT2D eigenvalue weighted by Crippen LogP contribution is 2.43. The lowest BCUT2D eigenvalue weighted by Gasteiger charge is -2.73. The van der Waals surface area contributed by atoms with Gasteiger partial charge >= 0.3 is 0 Å². The van der Waals surface area contributed by atoms with Crippen LogP contribution in [0.1, 0.15) is 5.56 Å². The maximum atomic E-state index is 13.6. The largest absolute Gasteiger partial charge is 0.406 e. The third kappa shape index (κ3) is 4.75. The van der Waals surface area contributed by atoms with Crippen molar-refractivity contribution in [2.24, 2.45) is 0 Å². The zero-order valence-corrected chi connectivity index (χ0v) is 21.1. The molecule has 2 aliphatic rings. The van der Waals surface area contributed by atoms with E-state index in [0.29, 0.717) is 24.5 Å². The third-order valence-corrected chi connectivity index (χ3v) is 6.96. The number of rotatable bonds is 5. The fourth-order valence-corrected chi connectivity index (χ4v) is 4.78. The number of morpholine rings is 1. The first-order chi connectivity index (χ1) is 18.0. The predicted octanol–water partition coefficient (Wildman–Crippen LogP) is -0.918. The van der Waals surface area contributed by atoms with Gasteiger partial charge < -0.3 is 19.9 Å². The second kappa shape index (κ2) is 9.26. The number of hydrogen-bond donors (Lipinski definition) is 1. The van der Waals surface area contributed by atoms with Crippen LogP contribution in [0.15, 0.2) is 42.7 Å². The average molecular weight is 505 g/mol. The van der Waals surface area contributed by atoms with Crippen molar-refractivity contribution in [1.82, 2.24) is 19.7 Å². The molecule has 0 saturated carbocycles. The Morgan fingerprint density at radius 2 is 1.51 bits per heavy atom. The molecule has 0 unspecified atom stereocenters. The van der Waals surface area contributed by atoms with Gasteiger partial charge in [-0.1, -0.05) is 0 Å². The molecule has 0 bridgehead atoms. The van der Waals surface area contributed by atoms with Crippen molar-refractivity contribution in [3.63, 3.8) is 0 Å². The summed E-state index contributed by atoms with van der Waals surface area (Å²) in [6, 6.07) is 8.75. The molecule has 2 fully saturated rings. The van der Waals surface area contributed by atoms with Gasteiger partial charge in [-0.2, -0.15) is 4.98 Å². The number of benzene rings is 2. The summed E-state index contributed by atoms with van der Waals surface area (Å²) in [4.78, 5) is 7.51. The van der Waals surface area contributed by atoms with Gasteiger partial charge in [0.15, 0.2) is 11.6 Å². The lowest BCUT2D eigenvalue weighted by Crippen LogP contribution is -2.89. The highest BCUT2D eigenvalue weighted by molar-refractivity contribution is 6.59. The van der Waals surface area contributed by atoms with E-state index in [2.05, 4.69) is 15.4 Å². The molecule has 178 valence electrons. The molecule has 0 amide bonds. The van der Waals surface area contributed by atoms with Crippen molar-refractivity contribution in [3.8, 4) is 5.69 Å². The van der Waals surface area contributed by atoms with Crippen LogP contribution in [0, 0.1) is 18.6 Å². The van der Waals surface area contributed by atoms with Crippen LogP contribution in [0.5, 0.6) is 0 Å². The molecule has 0 atom stereocenters. The minimum Gasteiger partial charge on any atom is -0.406 e. The van der Waals surface area contributed by atoms with Gasteiger partial charge in [0.2, 0.25) is 5.95 Å². The summed E-state index contributed by atoms with van der Waals surface area (Å²) in [6.45, 7) is 2.68. The highest BCUT2D eigenvalue weighted by atomic mass is 19.2. The van der Waals surface area contributed by atoms with Gasteiger partial charge in [0, 0.05) is 36.6 Å². The number of ether oxygens (including phenoxy) is 1. The van der Waals surface area contributed by atoms with E-state index in [1.165, 1.54) is 22.0 Å². The van der Waals surface area contributed by atoms with Crippen molar-refractivity contribution in [2.75, 3.05) is 23.3 Å². The Hall–Kier alpha value is -2.52. The SMILES string of the molecule is [B]C1([B])OC([B])([B])C([B])([B])N(C2CN(c3cc(C)cc(Nc4ncn(-c5ccc(F)c(F)c5)n4)c3)C2)C1([B])[B]. The molecule has 39 heavy (non-hydrogen) atoms. The molecule has 1 N–H and O–H groups in total. The van der Waals surface area contributed by atoms with E-state index in [-0.39, 0.29) is 5.95 Å². The summed E-state index contributed by atoms with van der Waals surface area (Å²) < 4.78 is 33.5. The van der Waals surface area contributed by atoms with E-state index in [0.717, 1.165) is 23.4 Å². The van der Waals surface area contributed by atoms with Gasteiger partial charge in [0.05, 0.1) is 68.5 Å². The number of nitrogens with zero attached hydrogens (tertiary/aromatic N) is 5. The molecule has 2 aromatic carbocycles. The quantitative estimate of drug-likeness (QED) is 0.454. The van der Waals surface area contributed by atoms with Crippen LogP contribution in [0.3, 0.4) is 0 Å². The molecule has 5 rings (SSSR count). The number of anilines is 3. The summed E-state index contributed by atoms with van der Waals surface area (Å²) >= 11 is 0. The van der Waals surface area contributed by atoms with Gasteiger partial charge in [0.1, 0.15) is 6.33 Å². The van der Waals surface area contributed by atoms with E-state index in [1.807, 2.05) is 30.0 Å². The van der Waals surface area contributed by atoms with E-state index < -0.39 is 39.2 Å². The maximum absolute atomic E-state index is 13.6. The summed E-state index contributed by atoms with van der Waals surface area (Å²) in [5, 5.41) is -0.925. The van der Waals surface area contributed by atoms with Gasteiger partial charge in [-0.25, -0.2) is 13.5 Å². The molecule has 3 heterocycles. The molecule has 2 saturated heterocycles. The molecule has 2 aliphatic heterocycles. The Bertz CT molecular complexity index is 1390.